The summed E-state index contributed by atoms with van der Waals surface area (Å²) in [6.45, 7) is 10.3. The first-order valence-corrected chi connectivity index (χ1v) is 7.69. The molecule has 0 spiro atoms. The molecular weight excluding hydrogens is 328 g/mol. The van der Waals surface area contributed by atoms with Crippen molar-refractivity contribution in [2.24, 2.45) is 0 Å². The van der Waals surface area contributed by atoms with Crippen LogP contribution in [0, 0.1) is 13.8 Å². The smallest absolute Gasteiger partial charge is 0.225 e. The molecule has 112 valence electrons. The Morgan fingerprint density at radius 1 is 1.05 bits per heavy atom. The predicted octanol–water partition coefficient (Wildman–Crippen LogP) is 4.81. The first-order valence-electron chi connectivity index (χ1n) is 6.90. The van der Waals surface area contributed by atoms with Crippen LogP contribution in [0.4, 0.5) is 17.5 Å². The summed E-state index contributed by atoms with van der Waals surface area (Å²) in [6.07, 6.45) is 0. The Kier molecular flexibility index (Phi) is 4.52. The summed E-state index contributed by atoms with van der Waals surface area (Å²) in [4.78, 5) is 8.95. The van der Waals surface area contributed by atoms with E-state index in [0.29, 0.717) is 5.95 Å². The molecule has 1 aromatic heterocycles. The standard InChI is InChI=1S/C16H21BrN4/c1-10-6-7-13(12(17)8-10)19-14-9-11(2)18-15(20-14)21-16(3,4)5/h6-9H,1-5H3,(H2,18,19,20,21). The van der Waals surface area contributed by atoms with Crippen molar-refractivity contribution in [3.8, 4) is 0 Å². The van der Waals surface area contributed by atoms with E-state index in [0.717, 1.165) is 21.7 Å². The zero-order valence-corrected chi connectivity index (χ0v) is 14.7. The summed E-state index contributed by atoms with van der Waals surface area (Å²) in [6, 6.07) is 8.11. The van der Waals surface area contributed by atoms with Gasteiger partial charge in [0.05, 0.1) is 5.69 Å². The van der Waals surface area contributed by atoms with E-state index in [9.17, 15) is 0 Å². The molecule has 4 nitrogen and oxygen atoms in total. The van der Waals surface area contributed by atoms with Gasteiger partial charge in [-0.25, -0.2) is 4.98 Å². The second kappa shape index (κ2) is 6.02. The van der Waals surface area contributed by atoms with Crippen molar-refractivity contribution in [3.63, 3.8) is 0 Å². The first kappa shape index (κ1) is 15.8. The summed E-state index contributed by atoms with van der Waals surface area (Å²) in [5.74, 6) is 1.41. The lowest BCUT2D eigenvalue weighted by Crippen LogP contribution is -2.27. The van der Waals surface area contributed by atoms with E-state index >= 15 is 0 Å². The quantitative estimate of drug-likeness (QED) is 0.835. The van der Waals surface area contributed by atoms with Crippen molar-refractivity contribution in [1.82, 2.24) is 9.97 Å². The molecule has 0 aliphatic carbocycles. The Labute approximate surface area is 134 Å². The number of hydrogen-bond acceptors (Lipinski definition) is 4. The van der Waals surface area contributed by atoms with Gasteiger partial charge in [-0.15, -0.1) is 0 Å². The van der Waals surface area contributed by atoms with Crippen molar-refractivity contribution in [3.05, 3.63) is 40.0 Å². The fourth-order valence-corrected chi connectivity index (χ4v) is 2.48. The molecule has 1 aromatic carbocycles. The highest BCUT2D eigenvalue weighted by atomic mass is 79.9. The fraction of sp³-hybridized carbons (Fsp3) is 0.375. The van der Waals surface area contributed by atoms with Gasteiger partial charge in [0.25, 0.3) is 0 Å². The van der Waals surface area contributed by atoms with Crippen LogP contribution in [0.2, 0.25) is 0 Å². The van der Waals surface area contributed by atoms with Gasteiger partial charge < -0.3 is 10.6 Å². The van der Waals surface area contributed by atoms with Gasteiger partial charge in [0, 0.05) is 21.8 Å². The molecule has 0 unspecified atom stereocenters. The minimum absolute atomic E-state index is 0.0739. The third kappa shape index (κ3) is 4.70. The molecule has 5 heteroatoms. The zero-order chi connectivity index (χ0) is 15.6. The van der Waals surface area contributed by atoms with E-state index in [4.69, 9.17) is 0 Å². The maximum absolute atomic E-state index is 4.52. The number of aryl methyl sites for hydroxylation is 2. The lowest BCUT2D eigenvalue weighted by atomic mass is 10.1. The fourth-order valence-electron chi connectivity index (χ4n) is 1.88. The van der Waals surface area contributed by atoms with E-state index in [1.807, 2.05) is 19.1 Å². The van der Waals surface area contributed by atoms with Crippen LogP contribution in [0.1, 0.15) is 32.0 Å². The number of anilines is 3. The van der Waals surface area contributed by atoms with Gasteiger partial charge in [-0.2, -0.15) is 4.98 Å². The lowest BCUT2D eigenvalue weighted by Gasteiger charge is -2.21. The molecule has 0 saturated carbocycles. The molecule has 2 aromatic rings. The maximum atomic E-state index is 4.52. The van der Waals surface area contributed by atoms with Crippen molar-refractivity contribution in [2.75, 3.05) is 10.6 Å². The van der Waals surface area contributed by atoms with Gasteiger partial charge in [0.1, 0.15) is 5.82 Å². The molecule has 0 radical (unpaired) electrons. The highest BCUT2D eigenvalue weighted by Crippen LogP contribution is 2.26. The Morgan fingerprint density at radius 3 is 2.38 bits per heavy atom. The maximum Gasteiger partial charge on any atom is 0.225 e. The average Bonchev–Trinajstić information content (AvgIpc) is 2.29. The van der Waals surface area contributed by atoms with Crippen LogP contribution in [-0.4, -0.2) is 15.5 Å². The number of aromatic nitrogens is 2. The molecule has 0 atom stereocenters. The third-order valence-corrected chi connectivity index (χ3v) is 3.38. The lowest BCUT2D eigenvalue weighted by molar-refractivity contribution is 0.625. The average molecular weight is 349 g/mol. The second-order valence-electron chi connectivity index (χ2n) is 6.20. The van der Waals surface area contributed by atoms with Crippen LogP contribution in [0.15, 0.2) is 28.7 Å². The van der Waals surface area contributed by atoms with Crippen molar-refractivity contribution in [2.45, 2.75) is 40.2 Å². The summed E-state index contributed by atoms with van der Waals surface area (Å²) in [7, 11) is 0. The molecular formula is C16H21BrN4. The van der Waals surface area contributed by atoms with Crippen molar-refractivity contribution in [1.29, 1.82) is 0 Å². The van der Waals surface area contributed by atoms with Gasteiger partial charge in [0.15, 0.2) is 0 Å². The van der Waals surface area contributed by atoms with E-state index in [1.54, 1.807) is 0 Å². The monoisotopic (exact) mass is 348 g/mol. The van der Waals surface area contributed by atoms with E-state index in [-0.39, 0.29) is 5.54 Å². The van der Waals surface area contributed by atoms with Crippen LogP contribution in [0.25, 0.3) is 0 Å². The van der Waals surface area contributed by atoms with Gasteiger partial charge >= 0.3 is 0 Å². The number of halogens is 1. The summed E-state index contributed by atoms with van der Waals surface area (Å²) < 4.78 is 1.02. The molecule has 1 heterocycles. The minimum atomic E-state index is -0.0739. The topological polar surface area (TPSA) is 49.8 Å². The second-order valence-corrected chi connectivity index (χ2v) is 7.06. The first-order chi connectivity index (χ1) is 9.73. The van der Waals surface area contributed by atoms with Gasteiger partial charge in [0.2, 0.25) is 5.95 Å². The molecule has 0 aliphatic rings. The Morgan fingerprint density at radius 2 is 1.76 bits per heavy atom. The van der Waals surface area contributed by atoms with Crippen LogP contribution in [-0.2, 0) is 0 Å². The van der Waals surface area contributed by atoms with Crippen molar-refractivity contribution >= 4 is 33.4 Å². The van der Waals surface area contributed by atoms with Gasteiger partial charge in [-0.1, -0.05) is 6.07 Å². The number of nitrogens with zero attached hydrogens (tertiary/aromatic N) is 2. The molecule has 0 fully saturated rings. The Balaban J connectivity index is 2.27. The van der Waals surface area contributed by atoms with E-state index < -0.39 is 0 Å². The van der Waals surface area contributed by atoms with Crippen LogP contribution < -0.4 is 10.6 Å². The number of hydrogen-bond donors (Lipinski definition) is 2. The molecule has 0 aliphatic heterocycles. The SMILES string of the molecule is Cc1ccc(Nc2cc(C)nc(NC(C)(C)C)n2)c(Br)c1. The van der Waals surface area contributed by atoms with Gasteiger partial charge in [-0.3, -0.25) is 0 Å². The van der Waals surface area contributed by atoms with E-state index in [2.05, 4.69) is 76.4 Å². The predicted molar refractivity (Wildman–Crippen MR) is 92.3 cm³/mol. The van der Waals surface area contributed by atoms with Crippen LogP contribution >= 0.6 is 15.9 Å². The molecule has 0 bridgehead atoms. The molecule has 2 rings (SSSR count). The molecule has 2 N–H and O–H groups in total. The molecule has 0 amide bonds. The van der Waals surface area contributed by atoms with E-state index in [1.165, 1.54) is 5.56 Å². The number of nitrogens with one attached hydrogen (secondary N) is 2. The Hall–Kier alpha value is -1.62. The normalized spacial score (nSPS) is 11.3. The van der Waals surface area contributed by atoms with Crippen LogP contribution in [0.5, 0.6) is 0 Å². The van der Waals surface area contributed by atoms with Crippen LogP contribution in [0.3, 0.4) is 0 Å². The minimum Gasteiger partial charge on any atom is -0.350 e. The Bertz CT molecular complexity index is 647. The largest absolute Gasteiger partial charge is 0.350 e. The summed E-state index contributed by atoms with van der Waals surface area (Å²) >= 11 is 3.57. The van der Waals surface area contributed by atoms with Crippen molar-refractivity contribution < 1.29 is 0 Å². The highest BCUT2D eigenvalue weighted by molar-refractivity contribution is 9.10. The molecule has 21 heavy (non-hydrogen) atoms. The highest BCUT2D eigenvalue weighted by Gasteiger charge is 2.12. The number of rotatable bonds is 3. The zero-order valence-electron chi connectivity index (χ0n) is 13.1. The summed E-state index contributed by atoms with van der Waals surface area (Å²) in [5, 5.41) is 6.63. The summed E-state index contributed by atoms with van der Waals surface area (Å²) in [5.41, 5.74) is 3.04. The van der Waals surface area contributed by atoms with Gasteiger partial charge in [-0.05, 0) is 68.2 Å². The number of benzene rings is 1. The third-order valence-electron chi connectivity index (χ3n) is 2.73. The molecule has 0 saturated heterocycles.